The van der Waals surface area contributed by atoms with Crippen LogP contribution in [0.1, 0.15) is 19.4 Å². The molecule has 0 amide bonds. The van der Waals surface area contributed by atoms with Crippen molar-refractivity contribution in [3.8, 4) is 16.9 Å². The molecule has 144 valence electrons. The minimum absolute atomic E-state index is 0.267. The Labute approximate surface area is 173 Å². The van der Waals surface area contributed by atoms with Gasteiger partial charge in [-0.2, -0.15) is 0 Å². The summed E-state index contributed by atoms with van der Waals surface area (Å²) in [5.74, 6) is 0.769. The van der Waals surface area contributed by atoms with Gasteiger partial charge in [0.15, 0.2) is 5.11 Å². The standard InChI is InChI=1S/C24H26N2OS/c1-18(2)26(17-19-10-6-4-7-11-19)24(28)25-22-16-21(14-15-23(22)27-3)20-12-8-5-9-13-20/h4-16,18H,17H2,1-3H3,(H,25,28). The third kappa shape index (κ3) is 4.90. The van der Waals surface area contributed by atoms with Crippen LogP contribution in [0.3, 0.4) is 0 Å². The van der Waals surface area contributed by atoms with Gasteiger partial charge in [-0.25, -0.2) is 0 Å². The van der Waals surface area contributed by atoms with Gasteiger partial charge in [0, 0.05) is 12.6 Å². The first kappa shape index (κ1) is 19.9. The average molecular weight is 391 g/mol. The minimum Gasteiger partial charge on any atom is -0.495 e. The number of thiocarbonyl (C=S) groups is 1. The Morgan fingerprint density at radius 3 is 2.18 bits per heavy atom. The molecule has 0 aliphatic heterocycles. The smallest absolute Gasteiger partial charge is 0.174 e. The van der Waals surface area contributed by atoms with E-state index in [0.717, 1.165) is 29.1 Å². The quantitative estimate of drug-likeness (QED) is 0.524. The Morgan fingerprint density at radius 2 is 1.57 bits per heavy atom. The predicted octanol–water partition coefficient (Wildman–Crippen LogP) is 5.97. The minimum atomic E-state index is 0.267. The summed E-state index contributed by atoms with van der Waals surface area (Å²) in [5.41, 5.74) is 4.37. The second-order valence-corrected chi connectivity index (χ2v) is 7.31. The summed E-state index contributed by atoms with van der Waals surface area (Å²) < 4.78 is 5.55. The van der Waals surface area contributed by atoms with E-state index in [0.29, 0.717) is 5.11 Å². The molecule has 1 N–H and O–H groups in total. The molecule has 3 aromatic rings. The molecular formula is C24H26N2OS. The van der Waals surface area contributed by atoms with E-state index in [1.165, 1.54) is 5.56 Å². The Bertz CT molecular complexity index is 910. The fraction of sp³-hybridized carbons (Fsp3) is 0.208. The first-order chi connectivity index (χ1) is 13.6. The molecule has 0 atom stereocenters. The van der Waals surface area contributed by atoms with E-state index in [9.17, 15) is 0 Å². The van der Waals surface area contributed by atoms with Crippen molar-refractivity contribution in [2.75, 3.05) is 12.4 Å². The van der Waals surface area contributed by atoms with E-state index in [4.69, 9.17) is 17.0 Å². The van der Waals surface area contributed by atoms with Gasteiger partial charge in [0.1, 0.15) is 5.75 Å². The molecule has 0 spiro atoms. The zero-order valence-corrected chi connectivity index (χ0v) is 17.4. The maximum absolute atomic E-state index is 5.76. The van der Waals surface area contributed by atoms with Crippen molar-refractivity contribution < 1.29 is 4.74 Å². The highest BCUT2D eigenvalue weighted by Crippen LogP contribution is 2.31. The molecule has 0 aliphatic carbocycles. The van der Waals surface area contributed by atoms with Crippen molar-refractivity contribution in [2.24, 2.45) is 0 Å². The molecule has 0 aromatic heterocycles. The first-order valence-electron chi connectivity index (χ1n) is 9.43. The largest absolute Gasteiger partial charge is 0.495 e. The SMILES string of the molecule is COc1ccc(-c2ccccc2)cc1NC(=S)N(Cc1ccccc1)C(C)C. The average Bonchev–Trinajstić information content (AvgIpc) is 2.73. The summed E-state index contributed by atoms with van der Waals surface area (Å²) in [6.45, 7) is 5.05. The first-order valence-corrected chi connectivity index (χ1v) is 9.84. The van der Waals surface area contributed by atoms with Crippen LogP contribution in [0.15, 0.2) is 78.9 Å². The highest BCUT2D eigenvalue weighted by atomic mass is 32.1. The molecule has 0 radical (unpaired) electrons. The molecule has 0 unspecified atom stereocenters. The van der Waals surface area contributed by atoms with Gasteiger partial charge in [0.05, 0.1) is 12.8 Å². The lowest BCUT2D eigenvalue weighted by molar-refractivity contribution is 0.347. The lowest BCUT2D eigenvalue weighted by Crippen LogP contribution is -2.39. The van der Waals surface area contributed by atoms with Gasteiger partial charge in [-0.3, -0.25) is 0 Å². The number of hydrogen-bond acceptors (Lipinski definition) is 2. The molecule has 0 saturated heterocycles. The maximum atomic E-state index is 5.76. The molecule has 28 heavy (non-hydrogen) atoms. The Kier molecular flexibility index (Phi) is 6.66. The summed E-state index contributed by atoms with van der Waals surface area (Å²) in [7, 11) is 1.68. The van der Waals surface area contributed by atoms with Crippen LogP contribution in [-0.4, -0.2) is 23.2 Å². The number of anilines is 1. The molecule has 3 aromatic carbocycles. The van der Waals surface area contributed by atoms with E-state index in [1.807, 2.05) is 30.3 Å². The second kappa shape index (κ2) is 9.38. The third-order valence-electron chi connectivity index (χ3n) is 4.63. The summed E-state index contributed by atoms with van der Waals surface area (Å²) in [4.78, 5) is 2.18. The zero-order chi connectivity index (χ0) is 19.9. The number of methoxy groups -OCH3 is 1. The Morgan fingerprint density at radius 1 is 0.929 bits per heavy atom. The predicted molar refractivity (Wildman–Crippen MR) is 122 cm³/mol. The Hall–Kier alpha value is -2.85. The summed E-state index contributed by atoms with van der Waals surface area (Å²) >= 11 is 5.76. The topological polar surface area (TPSA) is 24.5 Å². The van der Waals surface area contributed by atoms with Gasteiger partial charge in [-0.1, -0.05) is 66.7 Å². The molecule has 0 fully saturated rings. The molecule has 0 saturated carbocycles. The fourth-order valence-electron chi connectivity index (χ4n) is 3.07. The van der Waals surface area contributed by atoms with Crippen molar-refractivity contribution in [2.45, 2.75) is 26.4 Å². The molecule has 0 heterocycles. The van der Waals surface area contributed by atoms with Crippen LogP contribution in [0, 0.1) is 0 Å². The summed E-state index contributed by atoms with van der Waals surface area (Å²) in [6.07, 6.45) is 0. The maximum Gasteiger partial charge on any atom is 0.174 e. The lowest BCUT2D eigenvalue weighted by Gasteiger charge is -2.30. The number of benzene rings is 3. The summed E-state index contributed by atoms with van der Waals surface area (Å²) in [6, 6.07) is 27.1. The van der Waals surface area contributed by atoms with Gasteiger partial charge in [0.2, 0.25) is 0 Å². The molecule has 3 rings (SSSR count). The number of ether oxygens (including phenoxy) is 1. The zero-order valence-electron chi connectivity index (χ0n) is 16.6. The van der Waals surface area contributed by atoms with Crippen LogP contribution in [0.5, 0.6) is 5.75 Å². The van der Waals surface area contributed by atoms with Crippen molar-refractivity contribution >= 4 is 23.0 Å². The van der Waals surface area contributed by atoms with Gasteiger partial charge < -0.3 is 15.0 Å². The fourth-order valence-corrected chi connectivity index (χ4v) is 3.46. The van der Waals surface area contributed by atoms with Gasteiger partial charge in [0.25, 0.3) is 0 Å². The number of hydrogen-bond donors (Lipinski definition) is 1. The molecule has 4 heteroatoms. The van der Waals surface area contributed by atoms with E-state index in [1.54, 1.807) is 7.11 Å². The lowest BCUT2D eigenvalue weighted by atomic mass is 10.0. The van der Waals surface area contributed by atoms with Crippen molar-refractivity contribution in [1.82, 2.24) is 4.90 Å². The normalized spacial score (nSPS) is 10.6. The van der Waals surface area contributed by atoms with Crippen LogP contribution in [0.4, 0.5) is 5.69 Å². The highest BCUT2D eigenvalue weighted by molar-refractivity contribution is 7.80. The van der Waals surface area contributed by atoms with E-state index in [2.05, 4.69) is 72.6 Å². The third-order valence-corrected chi connectivity index (χ3v) is 4.96. The monoisotopic (exact) mass is 390 g/mol. The Balaban J connectivity index is 1.84. The van der Waals surface area contributed by atoms with E-state index >= 15 is 0 Å². The van der Waals surface area contributed by atoms with Crippen molar-refractivity contribution in [1.29, 1.82) is 0 Å². The number of nitrogens with zero attached hydrogens (tertiary/aromatic N) is 1. The van der Waals surface area contributed by atoms with Crippen LogP contribution < -0.4 is 10.1 Å². The van der Waals surface area contributed by atoms with Crippen LogP contribution >= 0.6 is 12.2 Å². The molecular weight excluding hydrogens is 364 g/mol. The van der Waals surface area contributed by atoms with E-state index < -0.39 is 0 Å². The number of nitrogens with one attached hydrogen (secondary N) is 1. The number of rotatable bonds is 6. The van der Waals surface area contributed by atoms with E-state index in [-0.39, 0.29) is 6.04 Å². The van der Waals surface area contributed by atoms with Crippen LogP contribution in [0.25, 0.3) is 11.1 Å². The van der Waals surface area contributed by atoms with Gasteiger partial charge >= 0.3 is 0 Å². The second-order valence-electron chi connectivity index (χ2n) is 6.92. The molecule has 0 bridgehead atoms. The summed E-state index contributed by atoms with van der Waals surface area (Å²) in [5, 5.41) is 4.09. The van der Waals surface area contributed by atoms with Gasteiger partial charge in [-0.15, -0.1) is 0 Å². The molecule has 3 nitrogen and oxygen atoms in total. The molecule has 0 aliphatic rings. The van der Waals surface area contributed by atoms with Crippen molar-refractivity contribution in [3.05, 3.63) is 84.4 Å². The van der Waals surface area contributed by atoms with Crippen LogP contribution in [0.2, 0.25) is 0 Å². The highest BCUT2D eigenvalue weighted by Gasteiger charge is 2.16. The van der Waals surface area contributed by atoms with Crippen molar-refractivity contribution in [3.63, 3.8) is 0 Å². The van der Waals surface area contributed by atoms with Crippen LogP contribution in [-0.2, 0) is 6.54 Å². The van der Waals surface area contributed by atoms with Gasteiger partial charge in [-0.05, 0) is 54.9 Å².